The van der Waals surface area contributed by atoms with Crippen molar-refractivity contribution in [3.05, 3.63) is 131 Å². The molecule has 1 aliphatic rings. The molecule has 0 unspecified atom stereocenters. The maximum atomic E-state index is 14.6. The second-order valence-corrected chi connectivity index (χ2v) is 18.9. The number of carbonyl (C=O) groups excluding carboxylic acids is 10. The molecule has 0 bridgehead atoms. The first-order valence-corrected chi connectivity index (χ1v) is 25.8. The highest BCUT2D eigenvalue weighted by molar-refractivity contribution is 5.95. The zero-order valence-electron chi connectivity index (χ0n) is 44.4. The largest absolute Gasteiger partial charge is 0.471 e. The molecule has 5 rings (SSSR count). The van der Waals surface area contributed by atoms with Crippen LogP contribution in [0.3, 0.4) is 0 Å². The van der Waals surface area contributed by atoms with Crippen molar-refractivity contribution in [2.75, 3.05) is 39.8 Å². The number of Topliss-reactive ketones (excluding diaryl/α,β-unsaturated/α-hetero) is 2. The summed E-state index contributed by atoms with van der Waals surface area (Å²) in [4.78, 5) is 144. The SMILES string of the molecule is CC(=O)N(C)CCC[C@H](CC(=O)[C@H](CCCN(OC(=O)c1ccccc1)C(C)=O)NC(=O)[C@H](CCCN(OC(=O)c1ccccc1)C(C)=O)NC(=O)OCC1c2ccccc2-c2ccccc21)C(=O)CCCNC(=O)C(F)(F)F. The Morgan fingerprint density at radius 3 is 1.54 bits per heavy atom. The van der Waals surface area contributed by atoms with Gasteiger partial charge in [0.25, 0.3) is 11.8 Å². The Morgan fingerprint density at radius 2 is 1.05 bits per heavy atom. The first-order valence-electron chi connectivity index (χ1n) is 25.8. The van der Waals surface area contributed by atoms with Crippen LogP contribution in [-0.2, 0) is 48.0 Å². The first kappa shape index (κ1) is 61.4. The number of alkyl halides is 3. The van der Waals surface area contributed by atoms with Crippen molar-refractivity contribution >= 4 is 59.1 Å². The van der Waals surface area contributed by atoms with Crippen LogP contribution in [-0.4, -0.2) is 132 Å². The molecule has 3 N–H and O–H groups in total. The molecule has 0 aromatic heterocycles. The van der Waals surface area contributed by atoms with Crippen molar-refractivity contribution in [2.24, 2.45) is 5.92 Å². The maximum Gasteiger partial charge on any atom is 0.471 e. The fourth-order valence-corrected chi connectivity index (χ4v) is 8.77. The number of nitrogens with zero attached hydrogens (tertiary/aromatic N) is 3. The summed E-state index contributed by atoms with van der Waals surface area (Å²) >= 11 is 0. The molecule has 0 aliphatic heterocycles. The van der Waals surface area contributed by atoms with E-state index in [9.17, 15) is 61.1 Å². The number of fused-ring (bicyclic) bond motifs is 3. The monoisotopic (exact) mass is 1100 g/mol. The molecule has 3 atom stereocenters. The van der Waals surface area contributed by atoms with E-state index in [1.807, 2.05) is 48.5 Å². The Balaban J connectivity index is 1.40. The van der Waals surface area contributed by atoms with Crippen molar-refractivity contribution in [1.82, 2.24) is 31.0 Å². The van der Waals surface area contributed by atoms with E-state index in [0.29, 0.717) is 0 Å². The Morgan fingerprint density at radius 1 is 0.570 bits per heavy atom. The van der Waals surface area contributed by atoms with Gasteiger partial charge in [-0.05, 0) is 91.5 Å². The summed E-state index contributed by atoms with van der Waals surface area (Å²) in [5.41, 5.74) is 4.04. The van der Waals surface area contributed by atoms with Gasteiger partial charge in [-0.15, -0.1) is 0 Å². The molecule has 79 heavy (non-hydrogen) atoms. The van der Waals surface area contributed by atoms with Crippen molar-refractivity contribution in [2.45, 2.75) is 103 Å². The van der Waals surface area contributed by atoms with E-state index in [1.54, 1.807) is 41.7 Å². The molecule has 19 nitrogen and oxygen atoms in total. The van der Waals surface area contributed by atoms with Gasteiger partial charge in [-0.1, -0.05) is 84.9 Å². The number of amides is 6. The molecule has 22 heteroatoms. The number of ether oxygens (including phenoxy) is 1. The maximum absolute atomic E-state index is 14.6. The fraction of sp³-hybridized carbons (Fsp3) is 0.404. The summed E-state index contributed by atoms with van der Waals surface area (Å²) in [5.74, 6) is -9.11. The smallest absolute Gasteiger partial charge is 0.449 e. The molecule has 0 heterocycles. The minimum atomic E-state index is -5.15. The summed E-state index contributed by atoms with van der Waals surface area (Å²) in [6.07, 6.45) is -7.64. The van der Waals surface area contributed by atoms with Crippen molar-refractivity contribution in [1.29, 1.82) is 0 Å². The highest BCUT2D eigenvalue weighted by atomic mass is 19.4. The number of alkyl carbamates (subject to hydrolysis) is 1. The molecule has 0 spiro atoms. The van der Waals surface area contributed by atoms with E-state index < -0.39 is 90.4 Å². The molecule has 0 radical (unpaired) electrons. The Bertz CT molecular complexity index is 2750. The summed E-state index contributed by atoms with van der Waals surface area (Å²) in [6.45, 7) is 2.64. The zero-order valence-corrected chi connectivity index (χ0v) is 44.4. The number of halogens is 3. The molecule has 0 saturated carbocycles. The zero-order chi connectivity index (χ0) is 57.6. The number of nitrogens with one attached hydrogen (secondary N) is 3. The predicted octanol–water partition coefficient (Wildman–Crippen LogP) is 7.04. The average Bonchev–Trinajstić information content (AvgIpc) is 3.89. The fourth-order valence-electron chi connectivity index (χ4n) is 8.77. The number of hydroxylamine groups is 4. The lowest BCUT2D eigenvalue weighted by Gasteiger charge is -2.26. The number of rotatable bonds is 27. The second kappa shape index (κ2) is 29.9. The molecule has 0 saturated heterocycles. The summed E-state index contributed by atoms with van der Waals surface area (Å²) in [7, 11) is 1.53. The van der Waals surface area contributed by atoms with E-state index >= 15 is 0 Å². The van der Waals surface area contributed by atoms with Crippen LogP contribution in [0.2, 0.25) is 0 Å². The quantitative estimate of drug-likeness (QED) is 0.0401. The van der Waals surface area contributed by atoms with E-state index in [-0.39, 0.29) is 101 Å². The first-order chi connectivity index (χ1) is 37.6. The highest BCUT2D eigenvalue weighted by Gasteiger charge is 2.38. The summed E-state index contributed by atoms with van der Waals surface area (Å²) < 4.78 is 44.4. The van der Waals surface area contributed by atoms with Gasteiger partial charge in [0.2, 0.25) is 11.8 Å². The van der Waals surface area contributed by atoms with Crippen molar-refractivity contribution in [3.63, 3.8) is 0 Å². The highest BCUT2D eigenvalue weighted by Crippen LogP contribution is 2.44. The van der Waals surface area contributed by atoms with Crippen LogP contribution >= 0.6 is 0 Å². The van der Waals surface area contributed by atoms with Crippen molar-refractivity contribution in [3.8, 4) is 11.1 Å². The summed E-state index contributed by atoms with van der Waals surface area (Å²) in [5, 5.41) is 8.56. The lowest BCUT2D eigenvalue weighted by atomic mass is 9.87. The number of ketones is 2. The van der Waals surface area contributed by atoms with Crippen molar-refractivity contribution < 1.29 is 75.5 Å². The third kappa shape index (κ3) is 18.9. The second-order valence-electron chi connectivity index (χ2n) is 18.9. The van der Waals surface area contributed by atoms with Gasteiger partial charge in [-0.25, -0.2) is 14.4 Å². The van der Waals surface area contributed by atoms with Crippen LogP contribution in [0, 0.1) is 5.92 Å². The molecule has 4 aromatic rings. The molecule has 6 amide bonds. The third-order valence-electron chi connectivity index (χ3n) is 13.1. The minimum Gasteiger partial charge on any atom is -0.449 e. The van der Waals surface area contributed by atoms with E-state index in [2.05, 4.69) is 10.6 Å². The lowest BCUT2D eigenvalue weighted by molar-refractivity contribution is -0.173. The lowest BCUT2D eigenvalue weighted by Crippen LogP contribution is -2.52. The molecular weight excluding hydrogens is 1030 g/mol. The van der Waals surface area contributed by atoms with Gasteiger partial charge in [0.1, 0.15) is 18.4 Å². The van der Waals surface area contributed by atoms with Crippen LogP contribution in [0.4, 0.5) is 18.0 Å². The predicted molar refractivity (Wildman–Crippen MR) is 280 cm³/mol. The molecule has 4 aromatic carbocycles. The molecular formula is C57H65F3N6O13. The number of carbonyl (C=O) groups is 10. The normalized spacial score (nSPS) is 12.7. The number of benzene rings is 4. The van der Waals surface area contributed by atoms with E-state index in [0.717, 1.165) is 46.2 Å². The number of hydrogen-bond donors (Lipinski definition) is 3. The Kier molecular flexibility index (Phi) is 23.3. The van der Waals surface area contributed by atoms with Crippen LogP contribution < -0.4 is 16.0 Å². The van der Waals surface area contributed by atoms with Gasteiger partial charge < -0.3 is 35.3 Å². The minimum absolute atomic E-state index is 0.0266. The average molecular weight is 1100 g/mol. The summed E-state index contributed by atoms with van der Waals surface area (Å²) in [6, 6.07) is 28.0. The standard InChI is InChI=1S/C57H65F3N6O13/c1-37(67)64(4)32-16-23-42(50(70)30-15-31-61-55(75)57(58,59)60)35-51(71)48(28-17-33-65(38(2)68)78-53(73)40-19-7-5-8-20-40)62-52(72)49(29-18-34-66(39(3)69)79-54(74)41-21-9-6-10-22-41)63-56(76)77-36-47-45-26-13-11-24-43(45)44-25-12-14-27-46(44)47/h5-14,19-22,24-27,42,47-49H,15-18,23,28-36H2,1-4H3,(H,61,75)(H,62,72)(H,63,76)/t42-,48+,49+/m1/s1. The number of hydrogen-bond acceptors (Lipinski definition) is 13. The molecule has 0 fully saturated rings. The van der Waals surface area contributed by atoms with Gasteiger partial charge in [0, 0.05) is 65.6 Å². The van der Waals surface area contributed by atoms with Gasteiger partial charge in [-0.2, -0.15) is 23.3 Å². The van der Waals surface area contributed by atoms with Crippen LogP contribution in [0.25, 0.3) is 11.1 Å². The molecule has 422 valence electrons. The van der Waals surface area contributed by atoms with Crippen LogP contribution in [0.1, 0.15) is 116 Å². The van der Waals surface area contributed by atoms with Gasteiger partial charge >= 0.3 is 30.1 Å². The topological polar surface area (TPSA) is 244 Å². The van der Waals surface area contributed by atoms with Gasteiger partial charge in [-0.3, -0.25) is 33.6 Å². The van der Waals surface area contributed by atoms with Crippen LogP contribution in [0.15, 0.2) is 109 Å². The van der Waals surface area contributed by atoms with Crippen LogP contribution in [0.5, 0.6) is 0 Å². The van der Waals surface area contributed by atoms with Gasteiger partial charge in [0.15, 0.2) is 5.78 Å². The van der Waals surface area contributed by atoms with Gasteiger partial charge in [0.05, 0.1) is 30.3 Å². The Labute approximate surface area is 455 Å². The van der Waals surface area contributed by atoms with E-state index in [1.165, 1.54) is 43.1 Å². The Hall–Kier alpha value is -8.43. The van der Waals surface area contributed by atoms with E-state index in [4.69, 9.17) is 14.4 Å². The third-order valence-corrected chi connectivity index (χ3v) is 13.1. The molecule has 1 aliphatic carbocycles.